The summed E-state index contributed by atoms with van der Waals surface area (Å²) in [6, 6.07) is 3.01. The Labute approximate surface area is 123 Å². The lowest BCUT2D eigenvalue weighted by molar-refractivity contribution is -0.122. The van der Waals surface area contributed by atoms with Crippen LogP contribution in [0.5, 0.6) is 0 Å². The Bertz CT molecular complexity index is 384. The summed E-state index contributed by atoms with van der Waals surface area (Å²) in [5.41, 5.74) is 0. The summed E-state index contributed by atoms with van der Waals surface area (Å²) in [7, 11) is 0. The molecule has 0 saturated carbocycles. The van der Waals surface area contributed by atoms with Crippen LogP contribution < -0.4 is 16.0 Å². The van der Waals surface area contributed by atoms with E-state index < -0.39 is 6.04 Å². The molecule has 1 unspecified atom stereocenters. The van der Waals surface area contributed by atoms with Crippen LogP contribution in [0.4, 0.5) is 0 Å². The molecule has 0 radical (unpaired) electrons. The molecule has 1 aromatic heterocycles. The maximum absolute atomic E-state index is 11.7. The first-order chi connectivity index (χ1) is 8.65. The van der Waals surface area contributed by atoms with E-state index in [2.05, 4.69) is 16.0 Å². The fraction of sp³-hybridized carbons (Fsp3) is 0.500. The van der Waals surface area contributed by atoms with E-state index in [1.807, 2.05) is 12.3 Å². The van der Waals surface area contributed by atoms with Crippen molar-refractivity contribution in [2.24, 2.45) is 0 Å². The smallest absolute Gasteiger partial charge is 0.261 e. The minimum absolute atomic E-state index is 0. The molecule has 1 atom stereocenters. The number of hydrogen-bond acceptors (Lipinski definition) is 4. The van der Waals surface area contributed by atoms with Crippen LogP contribution in [0, 0.1) is 0 Å². The molecule has 7 heteroatoms. The van der Waals surface area contributed by atoms with E-state index in [9.17, 15) is 9.59 Å². The van der Waals surface area contributed by atoms with Crippen LogP contribution in [0.3, 0.4) is 0 Å². The van der Waals surface area contributed by atoms with Crippen molar-refractivity contribution in [3.63, 3.8) is 0 Å². The monoisotopic (exact) mass is 305 g/mol. The maximum Gasteiger partial charge on any atom is 0.261 e. The molecular formula is C12H20ClN3O2S. The molecule has 0 fully saturated rings. The number of carbonyl (C=O) groups is 2. The molecule has 108 valence electrons. The second-order valence-corrected chi connectivity index (χ2v) is 4.76. The van der Waals surface area contributed by atoms with Crippen molar-refractivity contribution in [2.45, 2.75) is 19.9 Å². The summed E-state index contributed by atoms with van der Waals surface area (Å²) in [4.78, 5) is 24.0. The number of amides is 2. The summed E-state index contributed by atoms with van der Waals surface area (Å²) >= 11 is 1.36. The predicted molar refractivity (Wildman–Crippen MR) is 80.0 cm³/mol. The first-order valence-electron chi connectivity index (χ1n) is 5.98. The van der Waals surface area contributed by atoms with Crippen LogP contribution in [-0.4, -0.2) is 37.5 Å². The Morgan fingerprint density at radius 1 is 1.37 bits per heavy atom. The zero-order chi connectivity index (χ0) is 13.4. The van der Waals surface area contributed by atoms with Gasteiger partial charge in [0, 0.05) is 13.1 Å². The van der Waals surface area contributed by atoms with E-state index >= 15 is 0 Å². The van der Waals surface area contributed by atoms with Crippen LogP contribution in [0.25, 0.3) is 0 Å². The minimum atomic E-state index is -0.527. The molecule has 19 heavy (non-hydrogen) atoms. The number of likely N-dealkylation sites (N-methyl/N-ethyl adjacent to an activating group) is 1. The summed E-state index contributed by atoms with van der Waals surface area (Å²) in [5, 5.41) is 10.4. The maximum atomic E-state index is 11.7. The van der Waals surface area contributed by atoms with Gasteiger partial charge in [-0.3, -0.25) is 9.59 Å². The molecule has 3 N–H and O–H groups in total. The van der Waals surface area contributed by atoms with Crippen molar-refractivity contribution in [2.75, 3.05) is 19.6 Å². The molecule has 5 nitrogen and oxygen atoms in total. The molecule has 0 aliphatic rings. The van der Waals surface area contributed by atoms with Crippen LogP contribution in [0.1, 0.15) is 23.5 Å². The van der Waals surface area contributed by atoms with Gasteiger partial charge in [-0.2, -0.15) is 0 Å². The number of nitrogens with one attached hydrogen (secondary N) is 3. The predicted octanol–water partition coefficient (Wildman–Crippen LogP) is 1.01. The summed E-state index contributed by atoms with van der Waals surface area (Å²) in [6.07, 6.45) is 0. The van der Waals surface area contributed by atoms with Gasteiger partial charge in [-0.25, -0.2) is 0 Å². The highest BCUT2D eigenvalue weighted by molar-refractivity contribution is 7.12. The third kappa shape index (κ3) is 6.56. The Hall–Kier alpha value is -1.11. The number of rotatable bonds is 7. The lowest BCUT2D eigenvalue weighted by atomic mass is 10.3. The van der Waals surface area contributed by atoms with E-state index in [4.69, 9.17) is 0 Å². The van der Waals surface area contributed by atoms with Crippen molar-refractivity contribution < 1.29 is 9.59 Å². The first kappa shape index (κ1) is 17.9. The van der Waals surface area contributed by atoms with E-state index in [0.29, 0.717) is 11.4 Å². The van der Waals surface area contributed by atoms with Crippen molar-refractivity contribution >= 4 is 35.6 Å². The lowest BCUT2D eigenvalue weighted by Crippen LogP contribution is -2.46. The highest BCUT2D eigenvalue weighted by Gasteiger charge is 2.16. The third-order valence-electron chi connectivity index (χ3n) is 2.34. The van der Waals surface area contributed by atoms with E-state index in [-0.39, 0.29) is 24.2 Å². The van der Waals surface area contributed by atoms with Gasteiger partial charge in [0.15, 0.2) is 0 Å². The van der Waals surface area contributed by atoms with Gasteiger partial charge >= 0.3 is 0 Å². The van der Waals surface area contributed by atoms with Crippen LogP contribution in [-0.2, 0) is 4.79 Å². The normalized spacial score (nSPS) is 11.3. The summed E-state index contributed by atoms with van der Waals surface area (Å²) in [6.45, 7) is 5.85. The number of carbonyl (C=O) groups excluding carboxylic acids is 2. The number of hydrogen-bond donors (Lipinski definition) is 3. The molecule has 0 aromatic carbocycles. The van der Waals surface area contributed by atoms with Gasteiger partial charge in [-0.1, -0.05) is 13.0 Å². The van der Waals surface area contributed by atoms with Crippen molar-refractivity contribution in [3.8, 4) is 0 Å². The molecule has 0 aliphatic heterocycles. The zero-order valence-electron chi connectivity index (χ0n) is 11.1. The van der Waals surface area contributed by atoms with E-state index in [0.717, 1.165) is 13.1 Å². The summed E-state index contributed by atoms with van der Waals surface area (Å²) in [5.74, 6) is -0.378. The van der Waals surface area contributed by atoms with Gasteiger partial charge in [-0.15, -0.1) is 23.7 Å². The first-order valence-corrected chi connectivity index (χ1v) is 6.86. The zero-order valence-corrected chi connectivity index (χ0v) is 12.7. The van der Waals surface area contributed by atoms with Crippen molar-refractivity contribution in [3.05, 3.63) is 22.4 Å². The topological polar surface area (TPSA) is 70.2 Å². The molecule has 0 aliphatic carbocycles. The Balaban J connectivity index is 0.00000324. The van der Waals surface area contributed by atoms with Crippen molar-refractivity contribution in [1.29, 1.82) is 0 Å². The van der Waals surface area contributed by atoms with Gasteiger partial charge in [0.1, 0.15) is 6.04 Å². The largest absolute Gasteiger partial charge is 0.353 e. The molecule has 0 saturated heterocycles. The highest BCUT2D eigenvalue weighted by atomic mass is 35.5. The number of halogens is 1. The second kappa shape index (κ2) is 9.77. The molecule has 1 aromatic rings. The molecule has 2 amide bonds. The van der Waals surface area contributed by atoms with E-state index in [1.54, 1.807) is 19.1 Å². The van der Waals surface area contributed by atoms with E-state index in [1.165, 1.54) is 11.3 Å². The highest BCUT2D eigenvalue weighted by Crippen LogP contribution is 2.07. The molecule has 1 heterocycles. The van der Waals surface area contributed by atoms with Gasteiger partial charge < -0.3 is 16.0 Å². The van der Waals surface area contributed by atoms with Crippen LogP contribution in [0.15, 0.2) is 17.5 Å². The Morgan fingerprint density at radius 2 is 2.11 bits per heavy atom. The third-order valence-corrected chi connectivity index (χ3v) is 3.21. The van der Waals surface area contributed by atoms with Gasteiger partial charge in [0.05, 0.1) is 4.88 Å². The quantitative estimate of drug-likeness (QED) is 0.659. The second-order valence-electron chi connectivity index (χ2n) is 3.82. The average molecular weight is 306 g/mol. The number of thiophene rings is 1. The van der Waals surface area contributed by atoms with Crippen molar-refractivity contribution in [1.82, 2.24) is 16.0 Å². The Morgan fingerprint density at radius 3 is 2.68 bits per heavy atom. The SMILES string of the molecule is CCNCCNC(=O)C(C)NC(=O)c1cccs1.Cl. The molecular weight excluding hydrogens is 286 g/mol. The van der Waals surface area contributed by atoms with Crippen LogP contribution in [0.2, 0.25) is 0 Å². The van der Waals surface area contributed by atoms with Gasteiger partial charge in [-0.05, 0) is 24.9 Å². The standard InChI is InChI=1S/C12H19N3O2S.ClH/c1-3-13-6-7-14-11(16)9(2)15-12(17)10-5-4-8-18-10;/h4-5,8-9,13H,3,6-7H2,1-2H3,(H,14,16)(H,15,17);1H. The lowest BCUT2D eigenvalue weighted by Gasteiger charge is -2.13. The molecule has 0 bridgehead atoms. The summed E-state index contributed by atoms with van der Waals surface area (Å²) < 4.78 is 0. The average Bonchev–Trinajstić information content (AvgIpc) is 2.88. The minimum Gasteiger partial charge on any atom is -0.353 e. The molecule has 0 spiro atoms. The van der Waals surface area contributed by atoms with Gasteiger partial charge in [0.2, 0.25) is 5.91 Å². The fourth-order valence-corrected chi connectivity index (χ4v) is 1.97. The van der Waals surface area contributed by atoms with Crippen LogP contribution >= 0.6 is 23.7 Å². The molecule has 1 rings (SSSR count). The van der Waals surface area contributed by atoms with Gasteiger partial charge in [0.25, 0.3) is 5.91 Å². The fourth-order valence-electron chi connectivity index (χ4n) is 1.35. The Kier molecular flexibility index (Phi) is 9.20.